The fourth-order valence-corrected chi connectivity index (χ4v) is 3.05. The minimum absolute atomic E-state index is 0.316. The topological polar surface area (TPSA) is 0 Å². The Morgan fingerprint density at radius 2 is 2.00 bits per heavy atom. The average molecular weight is 264 g/mol. The lowest BCUT2D eigenvalue weighted by Gasteiger charge is -2.14. The number of rotatable bonds is 2. The molecule has 0 radical (unpaired) electrons. The van der Waals surface area contributed by atoms with Gasteiger partial charge < -0.3 is 0 Å². The second kappa shape index (κ2) is 4.95. The van der Waals surface area contributed by atoms with Gasteiger partial charge in [0, 0.05) is 15.4 Å². The molecule has 1 aliphatic carbocycles. The third-order valence-electron chi connectivity index (χ3n) is 3.06. The Kier molecular flexibility index (Phi) is 3.82. The highest BCUT2D eigenvalue weighted by Crippen LogP contribution is 2.34. The zero-order valence-electron chi connectivity index (χ0n) is 8.35. The molecule has 3 heteroatoms. The van der Waals surface area contributed by atoms with Crippen LogP contribution in [0.4, 0.5) is 0 Å². The molecule has 0 nitrogen and oxygen atoms in total. The summed E-state index contributed by atoms with van der Waals surface area (Å²) >= 11 is 18.2. The molecule has 0 amide bonds. The Balaban J connectivity index is 2.10. The van der Waals surface area contributed by atoms with Crippen LogP contribution in [0, 0.1) is 5.92 Å². The van der Waals surface area contributed by atoms with E-state index >= 15 is 0 Å². The van der Waals surface area contributed by atoms with E-state index in [1.165, 1.54) is 18.4 Å². The quantitative estimate of drug-likeness (QED) is 0.663. The highest BCUT2D eigenvalue weighted by Gasteiger charge is 2.25. The zero-order chi connectivity index (χ0) is 10.8. The summed E-state index contributed by atoms with van der Waals surface area (Å²) in [6.45, 7) is 0. The lowest BCUT2D eigenvalue weighted by molar-refractivity contribution is 0.553. The van der Waals surface area contributed by atoms with Crippen molar-refractivity contribution in [1.29, 1.82) is 0 Å². The average Bonchev–Trinajstić information content (AvgIpc) is 2.57. The number of alkyl halides is 1. The second-order valence-corrected chi connectivity index (χ2v) is 5.55. The van der Waals surface area contributed by atoms with Gasteiger partial charge in [-0.25, -0.2) is 0 Å². The Morgan fingerprint density at radius 3 is 2.60 bits per heavy atom. The molecule has 2 atom stereocenters. The van der Waals surface area contributed by atoms with Crippen molar-refractivity contribution in [2.75, 3.05) is 0 Å². The number of hydrogen-bond donors (Lipinski definition) is 0. The van der Waals surface area contributed by atoms with Gasteiger partial charge in [-0.1, -0.05) is 35.7 Å². The monoisotopic (exact) mass is 262 g/mol. The van der Waals surface area contributed by atoms with Crippen LogP contribution < -0.4 is 0 Å². The molecule has 0 bridgehead atoms. The SMILES string of the molecule is Clc1ccc(CC2CCCC2Cl)c(Cl)c1. The van der Waals surface area contributed by atoms with Crippen molar-refractivity contribution in [3.05, 3.63) is 33.8 Å². The Labute approximate surface area is 106 Å². The van der Waals surface area contributed by atoms with Gasteiger partial charge >= 0.3 is 0 Å². The molecule has 1 aliphatic rings. The summed E-state index contributed by atoms with van der Waals surface area (Å²) in [5, 5.41) is 1.77. The first kappa shape index (κ1) is 11.6. The van der Waals surface area contributed by atoms with Crippen LogP contribution in [0.25, 0.3) is 0 Å². The van der Waals surface area contributed by atoms with Crippen molar-refractivity contribution >= 4 is 34.8 Å². The molecule has 82 valence electrons. The molecule has 1 aromatic rings. The van der Waals surface area contributed by atoms with E-state index in [2.05, 4.69) is 0 Å². The third-order valence-corrected chi connectivity index (χ3v) is 4.23. The summed E-state index contributed by atoms with van der Waals surface area (Å²) in [5.74, 6) is 0.574. The van der Waals surface area contributed by atoms with Crippen molar-refractivity contribution in [1.82, 2.24) is 0 Å². The lowest BCUT2D eigenvalue weighted by atomic mass is 9.98. The van der Waals surface area contributed by atoms with Crippen LogP contribution in [0.2, 0.25) is 10.0 Å². The predicted molar refractivity (Wildman–Crippen MR) is 67.1 cm³/mol. The lowest BCUT2D eigenvalue weighted by Crippen LogP contribution is -2.10. The highest BCUT2D eigenvalue weighted by atomic mass is 35.5. The number of hydrogen-bond acceptors (Lipinski definition) is 0. The Hall–Kier alpha value is 0.0900. The maximum Gasteiger partial charge on any atom is 0.0452 e. The molecule has 0 spiro atoms. The van der Waals surface area contributed by atoms with Gasteiger partial charge in [-0.15, -0.1) is 11.6 Å². The first-order chi connectivity index (χ1) is 7.16. The standard InChI is InChI=1S/C12H13Cl3/c13-10-5-4-9(12(15)7-10)6-8-2-1-3-11(8)14/h4-5,7-8,11H,1-3,6H2. The fraction of sp³-hybridized carbons (Fsp3) is 0.500. The molecule has 2 rings (SSSR count). The van der Waals surface area contributed by atoms with E-state index in [4.69, 9.17) is 34.8 Å². The van der Waals surface area contributed by atoms with Gasteiger partial charge in [0.1, 0.15) is 0 Å². The molecular weight excluding hydrogens is 250 g/mol. The van der Waals surface area contributed by atoms with Gasteiger partial charge in [0.05, 0.1) is 0 Å². The smallest absolute Gasteiger partial charge is 0.0452 e. The zero-order valence-corrected chi connectivity index (χ0v) is 10.6. The van der Waals surface area contributed by atoms with Crippen LogP contribution >= 0.6 is 34.8 Å². The van der Waals surface area contributed by atoms with Crippen LogP contribution in [-0.4, -0.2) is 5.38 Å². The van der Waals surface area contributed by atoms with Crippen LogP contribution in [0.5, 0.6) is 0 Å². The Morgan fingerprint density at radius 1 is 1.20 bits per heavy atom. The summed E-state index contributed by atoms with van der Waals surface area (Å²) in [7, 11) is 0. The van der Waals surface area contributed by atoms with Crippen molar-refractivity contribution in [2.24, 2.45) is 5.92 Å². The minimum Gasteiger partial charge on any atom is -0.123 e. The first-order valence-corrected chi connectivity index (χ1v) is 6.44. The summed E-state index contributed by atoms with van der Waals surface area (Å²) < 4.78 is 0. The molecule has 1 aromatic carbocycles. The number of benzene rings is 1. The van der Waals surface area contributed by atoms with Crippen molar-refractivity contribution in [3.63, 3.8) is 0 Å². The van der Waals surface area contributed by atoms with Crippen molar-refractivity contribution in [3.8, 4) is 0 Å². The maximum absolute atomic E-state index is 6.24. The van der Waals surface area contributed by atoms with E-state index in [0.717, 1.165) is 17.9 Å². The van der Waals surface area contributed by atoms with Gasteiger partial charge in [0.15, 0.2) is 0 Å². The molecular formula is C12H13Cl3. The van der Waals surface area contributed by atoms with Gasteiger partial charge in [0.2, 0.25) is 0 Å². The highest BCUT2D eigenvalue weighted by molar-refractivity contribution is 6.35. The van der Waals surface area contributed by atoms with Crippen LogP contribution in [0.3, 0.4) is 0 Å². The third kappa shape index (κ3) is 2.81. The molecule has 2 unspecified atom stereocenters. The van der Waals surface area contributed by atoms with Gasteiger partial charge in [-0.2, -0.15) is 0 Å². The maximum atomic E-state index is 6.24. The molecule has 1 fully saturated rings. The summed E-state index contributed by atoms with van der Waals surface area (Å²) in [6.07, 6.45) is 4.57. The first-order valence-electron chi connectivity index (χ1n) is 5.25. The molecule has 0 aromatic heterocycles. The van der Waals surface area contributed by atoms with Gasteiger partial charge in [-0.05, 0) is 42.9 Å². The molecule has 1 saturated carbocycles. The molecule has 0 aliphatic heterocycles. The number of halogens is 3. The van der Waals surface area contributed by atoms with E-state index in [1.807, 2.05) is 12.1 Å². The summed E-state index contributed by atoms with van der Waals surface area (Å²) in [4.78, 5) is 0. The van der Waals surface area contributed by atoms with Crippen LogP contribution in [0.1, 0.15) is 24.8 Å². The minimum atomic E-state index is 0.316. The molecule has 0 heterocycles. The van der Waals surface area contributed by atoms with E-state index in [1.54, 1.807) is 6.07 Å². The van der Waals surface area contributed by atoms with Crippen molar-refractivity contribution < 1.29 is 0 Å². The van der Waals surface area contributed by atoms with Gasteiger partial charge in [-0.3, -0.25) is 0 Å². The van der Waals surface area contributed by atoms with E-state index in [0.29, 0.717) is 16.3 Å². The van der Waals surface area contributed by atoms with Crippen molar-refractivity contribution in [2.45, 2.75) is 31.1 Å². The predicted octanol–water partition coefficient (Wildman–Crippen LogP) is 4.94. The van der Waals surface area contributed by atoms with E-state index in [9.17, 15) is 0 Å². The largest absolute Gasteiger partial charge is 0.123 e. The summed E-state index contributed by atoms with van der Waals surface area (Å²) in [5.41, 5.74) is 1.17. The molecule has 15 heavy (non-hydrogen) atoms. The van der Waals surface area contributed by atoms with E-state index in [-0.39, 0.29) is 0 Å². The van der Waals surface area contributed by atoms with E-state index < -0.39 is 0 Å². The summed E-state index contributed by atoms with van der Waals surface area (Å²) in [6, 6.07) is 5.70. The van der Waals surface area contributed by atoms with Gasteiger partial charge in [0.25, 0.3) is 0 Å². The second-order valence-electron chi connectivity index (χ2n) is 4.15. The molecule has 0 saturated heterocycles. The van der Waals surface area contributed by atoms with Crippen LogP contribution in [0.15, 0.2) is 18.2 Å². The fourth-order valence-electron chi connectivity index (χ4n) is 2.19. The Bertz CT molecular complexity index is 349. The molecule has 0 N–H and O–H groups in total. The normalized spacial score (nSPS) is 25.8. The van der Waals surface area contributed by atoms with Crippen LogP contribution in [-0.2, 0) is 6.42 Å².